The van der Waals surface area contributed by atoms with Crippen molar-refractivity contribution in [1.82, 2.24) is 5.16 Å². The minimum Gasteiger partial charge on any atom is -0.392 e. The maximum Gasteiger partial charge on any atom is 0.248 e. The Morgan fingerprint density at radius 1 is 1.58 bits per heavy atom. The Bertz CT molecular complexity index is 410. The van der Waals surface area contributed by atoms with Gasteiger partial charge in [-0.2, -0.15) is 0 Å². The highest BCUT2D eigenvalue weighted by atomic mass is 16.8. The van der Waals surface area contributed by atoms with Crippen LogP contribution in [-0.4, -0.2) is 10.3 Å². The van der Waals surface area contributed by atoms with Gasteiger partial charge in [0.15, 0.2) is 0 Å². The molecule has 1 aromatic heterocycles. The quantitative estimate of drug-likeness (QED) is 0.603. The van der Waals surface area contributed by atoms with E-state index in [-0.39, 0.29) is 6.61 Å². The van der Waals surface area contributed by atoms with Gasteiger partial charge in [-0.15, -0.1) is 0 Å². The second-order valence-electron chi connectivity index (χ2n) is 2.41. The Morgan fingerprint density at radius 3 is 3.17 bits per heavy atom. The van der Waals surface area contributed by atoms with E-state index >= 15 is 0 Å². The predicted molar refractivity (Wildman–Crippen MR) is 38.9 cm³/mol. The minimum atomic E-state index is -0.0961. The first kappa shape index (κ1) is 7.05. The van der Waals surface area contributed by atoms with Gasteiger partial charge in [0.05, 0.1) is 6.61 Å². The van der Waals surface area contributed by atoms with Crippen LogP contribution in [0.2, 0.25) is 0 Å². The maximum atomic E-state index is 10.9. The molecule has 12 heavy (non-hydrogen) atoms. The number of hydrogen-bond acceptors (Lipinski definition) is 4. The number of benzene rings is 1. The standard InChI is InChI=1S/C7H6N2O3/c10-4-5-1-2-6-7(3-5)9(11)12-8-6/h1-3,10H,4H2. The zero-order chi connectivity index (χ0) is 8.55. The Kier molecular flexibility index (Phi) is 1.44. The average molecular weight is 166 g/mol. The minimum absolute atomic E-state index is 0.0961. The van der Waals surface area contributed by atoms with Crippen molar-refractivity contribution < 1.29 is 14.6 Å². The van der Waals surface area contributed by atoms with Gasteiger partial charge in [0, 0.05) is 5.16 Å². The van der Waals surface area contributed by atoms with Crippen molar-refractivity contribution in [2.75, 3.05) is 0 Å². The van der Waals surface area contributed by atoms with E-state index in [1.807, 2.05) is 0 Å². The van der Waals surface area contributed by atoms with E-state index < -0.39 is 0 Å². The molecule has 1 heterocycles. The summed E-state index contributed by atoms with van der Waals surface area (Å²) in [6.45, 7) is -0.0961. The molecule has 2 rings (SSSR count). The molecule has 0 atom stereocenters. The molecular weight excluding hydrogens is 160 g/mol. The van der Waals surface area contributed by atoms with Gasteiger partial charge >= 0.3 is 0 Å². The van der Waals surface area contributed by atoms with Crippen LogP contribution in [0.5, 0.6) is 0 Å². The zero-order valence-electron chi connectivity index (χ0n) is 6.10. The molecule has 0 radical (unpaired) electrons. The van der Waals surface area contributed by atoms with Crippen molar-refractivity contribution in [3.8, 4) is 0 Å². The molecular formula is C7H6N2O3. The summed E-state index contributed by atoms with van der Waals surface area (Å²) in [5.74, 6) is 0. The molecule has 0 saturated heterocycles. The Hall–Kier alpha value is -1.62. The van der Waals surface area contributed by atoms with Crippen LogP contribution in [0.25, 0.3) is 11.0 Å². The van der Waals surface area contributed by atoms with E-state index in [2.05, 4.69) is 9.79 Å². The summed E-state index contributed by atoms with van der Waals surface area (Å²) < 4.78 is 4.34. The monoisotopic (exact) mass is 166 g/mol. The molecule has 0 spiro atoms. The molecule has 0 amide bonds. The van der Waals surface area contributed by atoms with E-state index in [0.717, 1.165) is 0 Å². The fourth-order valence-electron chi connectivity index (χ4n) is 1.02. The number of aromatic nitrogens is 2. The average Bonchev–Trinajstić information content (AvgIpc) is 2.47. The molecule has 0 aliphatic rings. The van der Waals surface area contributed by atoms with Crippen LogP contribution in [0, 0.1) is 5.21 Å². The van der Waals surface area contributed by atoms with Crippen molar-refractivity contribution in [3.63, 3.8) is 0 Å². The van der Waals surface area contributed by atoms with Crippen molar-refractivity contribution >= 4 is 11.0 Å². The molecule has 2 aromatic rings. The van der Waals surface area contributed by atoms with Gasteiger partial charge in [0.2, 0.25) is 11.0 Å². The first-order valence-corrected chi connectivity index (χ1v) is 3.40. The molecule has 5 heteroatoms. The van der Waals surface area contributed by atoms with Gasteiger partial charge < -0.3 is 10.3 Å². The lowest BCUT2D eigenvalue weighted by Gasteiger charge is -1.91. The SMILES string of the molecule is [O-][n+]1onc2ccc(CO)cc21. The van der Waals surface area contributed by atoms with Gasteiger partial charge in [-0.05, 0) is 22.6 Å². The fraction of sp³-hybridized carbons (Fsp3) is 0.143. The normalized spacial score (nSPS) is 10.8. The molecule has 0 bridgehead atoms. The Balaban J connectivity index is 2.71. The summed E-state index contributed by atoms with van der Waals surface area (Å²) in [5.41, 5.74) is 1.49. The molecule has 0 unspecified atom stereocenters. The number of aliphatic hydroxyl groups is 1. The second-order valence-corrected chi connectivity index (χ2v) is 2.41. The molecule has 5 nitrogen and oxygen atoms in total. The molecule has 0 fully saturated rings. The van der Waals surface area contributed by atoms with Gasteiger partial charge in [-0.3, -0.25) is 4.63 Å². The fourth-order valence-corrected chi connectivity index (χ4v) is 1.02. The van der Waals surface area contributed by atoms with Crippen LogP contribution in [0.4, 0.5) is 0 Å². The van der Waals surface area contributed by atoms with Crippen LogP contribution in [0.15, 0.2) is 22.8 Å². The van der Waals surface area contributed by atoms with E-state index in [4.69, 9.17) is 5.11 Å². The van der Waals surface area contributed by atoms with Gasteiger partial charge in [-0.1, -0.05) is 6.07 Å². The molecule has 0 aliphatic carbocycles. The maximum absolute atomic E-state index is 10.9. The smallest absolute Gasteiger partial charge is 0.248 e. The number of nitrogens with zero attached hydrogens (tertiary/aromatic N) is 2. The van der Waals surface area contributed by atoms with Crippen molar-refractivity contribution in [2.24, 2.45) is 0 Å². The van der Waals surface area contributed by atoms with Crippen LogP contribution in [-0.2, 0) is 6.61 Å². The summed E-state index contributed by atoms with van der Waals surface area (Å²) in [6, 6.07) is 4.85. The molecule has 62 valence electrons. The van der Waals surface area contributed by atoms with E-state index in [1.54, 1.807) is 18.2 Å². The molecule has 1 aromatic carbocycles. The number of aliphatic hydroxyl groups excluding tert-OH is 1. The lowest BCUT2D eigenvalue weighted by molar-refractivity contribution is -0.782. The zero-order valence-corrected chi connectivity index (χ0v) is 6.10. The van der Waals surface area contributed by atoms with Crippen molar-refractivity contribution in [2.45, 2.75) is 6.61 Å². The number of hydrogen-bond donors (Lipinski definition) is 1. The van der Waals surface area contributed by atoms with Crippen LogP contribution >= 0.6 is 0 Å². The van der Waals surface area contributed by atoms with Gasteiger partial charge in [-0.25, -0.2) is 0 Å². The van der Waals surface area contributed by atoms with E-state index in [0.29, 0.717) is 21.5 Å². The predicted octanol–water partition coefficient (Wildman–Crippen LogP) is -0.0465. The Morgan fingerprint density at radius 2 is 2.42 bits per heavy atom. The van der Waals surface area contributed by atoms with Crippen LogP contribution < -0.4 is 4.90 Å². The summed E-state index contributed by atoms with van der Waals surface area (Å²) in [6.07, 6.45) is 0. The lowest BCUT2D eigenvalue weighted by Crippen LogP contribution is -2.22. The first-order chi connectivity index (χ1) is 5.81. The van der Waals surface area contributed by atoms with Crippen LogP contribution in [0.3, 0.4) is 0 Å². The first-order valence-electron chi connectivity index (χ1n) is 3.40. The van der Waals surface area contributed by atoms with Gasteiger partial charge in [0.1, 0.15) is 0 Å². The summed E-state index contributed by atoms with van der Waals surface area (Å²) in [4.78, 5) is 0.314. The number of fused-ring (bicyclic) bond motifs is 1. The van der Waals surface area contributed by atoms with Gasteiger partial charge in [0.25, 0.3) is 0 Å². The Labute approximate surface area is 67.4 Å². The highest BCUT2D eigenvalue weighted by Gasteiger charge is 2.08. The second kappa shape index (κ2) is 2.46. The highest BCUT2D eigenvalue weighted by molar-refractivity contribution is 5.70. The molecule has 0 aliphatic heterocycles. The van der Waals surface area contributed by atoms with Crippen LogP contribution in [0.1, 0.15) is 5.56 Å². The highest BCUT2D eigenvalue weighted by Crippen LogP contribution is 2.09. The third kappa shape index (κ3) is 0.911. The van der Waals surface area contributed by atoms with E-state index in [1.165, 1.54) is 0 Å². The largest absolute Gasteiger partial charge is 0.392 e. The molecule has 0 saturated carbocycles. The van der Waals surface area contributed by atoms with Crippen molar-refractivity contribution in [1.29, 1.82) is 0 Å². The van der Waals surface area contributed by atoms with Crippen molar-refractivity contribution in [3.05, 3.63) is 29.0 Å². The lowest BCUT2D eigenvalue weighted by atomic mass is 10.2. The summed E-state index contributed by atoms with van der Waals surface area (Å²) in [5, 5.41) is 23.1. The number of rotatable bonds is 1. The summed E-state index contributed by atoms with van der Waals surface area (Å²) in [7, 11) is 0. The molecule has 1 N–H and O–H groups in total. The topological polar surface area (TPSA) is 73.2 Å². The summed E-state index contributed by atoms with van der Waals surface area (Å²) >= 11 is 0. The third-order valence-corrected chi connectivity index (χ3v) is 1.63. The van der Waals surface area contributed by atoms with E-state index in [9.17, 15) is 5.21 Å². The third-order valence-electron chi connectivity index (χ3n) is 1.63.